The fourth-order valence-electron chi connectivity index (χ4n) is 0.635. The van der Waals surface area contributed by atoms with Gasteiger partial charge in [-0.05, 0) is 17.7 Å². The van der Waals surface area contributed by atoms with Crippen LogP contribution in [0.3, 0.4) is 0 Å². The molecule has 0 saturated carbocycles. The van der Waals surface area contributed by atoms with Gasteiger partial charge in [0, 0.05) is 12.4 Å². The standard InChI is InChI=1S/C7H6FNO2/c8-6(7(10)11)3-5-1-2-9-4-5/h1-4,9H,(H,10,11)/b6-3-. The van der Waals surface area contributed by atoms with E-state index in [0.29, 0.717) is 5.56 Å². The molecule has 0 bridgehead atoms. The lowest BCUT2D eigenvalue weighted by molar-refractivity contribution is -0.134. The molecule has 1 aromatic heterocycles. The van der Waals surface area contributed by atoms with Crippen LogP contribution in [-0.2, 0) is 4.79 Å². The molecule has 0 saturated heterocycles. The summed E-state index contributed by atoms with van der Waals surface area (Å²) in [5.74, 6) is -2.71. The van der Waals surface area contributed by atoms with Crippen molar-refractivity contribution in [3.05, 3.63) is 29.9 Å². The van der Waals surface area contributed by atoms with Gasteiger partial charge in [0.1, 0.15) is 0 Å². The molecule has 2 N–H and O–H groups in total. The van der Waals surface area contributed by atoms with Gasteiger partial charge < -0.3 is 10.1 Å². The molecule has 0 atom stereocenters. The molecule has 1 heterocycles. The van der Waals surface area contributed by atoms with Crippen LogP contribution >= 0.6 is 0 Å². The Labute approximate surface area is 62.2 Å². The number of carboxylic acids is 1. The zero-order chi connectivity index (χ0) is 8.27. The lowest BCUT2D eigenvalue weighted by Crippen LogP contribution is -1.93. The van der Waals surface area contributed by atoms with E-state index in [2.05, 4.69) is 4.98 Å². The number of aliphatic carboxylic acids is 1. The van der Waals surface area contributed by atoms with Crippen LogP contribution in [-0.4, -0.2) is 16.1 Å². The minimum atomic E-state index is -1.55. The SMILES string of the molecule is O=C(O)/C(F)=C/c1cc[nH]c1. The van der Waals surface area contributed by atoms with Crippen molar-refractivity contribution in [1.29, 1.82) is 0 Å². The second kappa shape index (κ2) is 3.01. The summed E-state index contributed by atoms with van der Waals surface area (Å²) in [7, 11) is 0. The number of carbonyl (C=O) groups is 1. The number of hydrogen-bond acceptors (Lipinski definition) is 1. The van der Waals surface area contributed by atoms with Crippen molar-refractivity contribution in [2.45, 2.75) is 0 Å². The molecule has 0 aliphatic rings. The van der Waals surface area contributed by atoms with E-state index >= 15 is 0 Å². The van der Waals surface area contributed by atoms with Crippen molar-refractivity contribution in [2.24, 2.45) is 0 Å². The third-order valence-corrected chi connectivity index (χ3v) is 1.12. The molecule has 11 heavy (non-hydrogen) atoms. The fourth-order valence-corrected chi connectivity index (χ4v) is 0.635. The van der Waals surface area contributed by atoms with Gasteiger partial charge in [0.2, 0.25) is 5.83 Å². The quantitative estimate of drug-likeness (QED) is 0.634. The van der Waals surface area contributed by atoms with Gasteiger partial charge in [-0.15, -0.1) is 0 Å². The molecular formula is C7H6FNO2. The Morgan fingerprint density at radius 2 is 2.45 bits per heavy atom. The van der Waals surface area contributed by atoms with Crippen molar-refractivity contribution in [1.82, 2.24) is 4.98 Å². The predicted molar refractivity (Wildman–Crippen MR) is 37.5 cm³/mol. The van der Waals surface area contributed by atoms with Crippen LogP contribution in [0.5, 0.6) is 0 Å². The Hall–Kier alpha value is -1.58. The van der Waals surface area contributed by atoms with E-state index in [1.54, 1.807) is 12.3 Å². The minimum Gasteiger partial charge on any atom is -0.476 e. The van der Waals surface area contributed by atoms with Crippen LogP contribution in [0.1, 0.15) is 5.56 Å². The molecule has 58 valence electrons. The zero-order valence-corrected chi connectivity index (χ0v) is 5.54. The monoisotopic (exact) mass is 155 g/mol. The first-order chi connectivity index (χ1) is 5.20. The zero-order valence-electron chi connectivity index (χ0n) is 5.54. The normalized spacial score (nSPS) is 11.5. The third-order valence-electron chi connectivity index (χ3n) is 1.12. The smallest absolute Gasteiger partial charge is 0.364 e. The van der Waals surface area contributed by atoms with Crippen molar-refractivity contribution in [3.63, 3.8) is 0 Å². The van der Waals surface area contributed by atoms with Crippen molar-refractivity contribution >= 4 is 12.0 Å². The lowest BCUT2D eigenvalue weighted by Gasteiger charge is -1.85. The average molecular weight is 155 g/mol. The number of halogens is 1. The lowest BCUT2D eigenvalue weighted by atomic mass is 10.3. The number of aromatic amines is 1. The Morgan fingerprint density at radius 3 is 2.91 bits per heavy atom. The van der Waals surface area contributed by atoms with Gasteiger partial charge in [0.05, 0.1) is 0 Å². The average Bonchev–Trinajstić information content (AvgIpc) is 2.39. The molecular weight excluding hydrogens is 149 g/mol. The van der Waals surface area contributed by atoms with Crippen molar-refractivity contribution in [2.75, 3.05) is 0 Å². The number of rotatable bonds is 2. The van der Waals surface area contributed by atoms with Crippen LogP contribution in [0.2, 0.25) is 0 Å². The second-order valence-electron chi connectivity index (χ2n) is 1.94. The van der Waals surface area contributed by atoms with Crippen LogP contribution < -0.4 is 0 Å². The molecule has 0 aliphatic carbocycles. The van der Waals surface area contributed by atoms with Crippen LogP contribution in [0.25, 0.3) is 6.08 Å². The summed E-state index contributed by atoms with van der Waals surface area (Å²) in [4.78, 5) is 12.6. The van der Waals surface area contributed by atoms with E-state index in [0.717, 1.165) is 6.08 Å². The van der Waals surface area contributed by atoms with Gasteiger partial charge in [-0.3, -0.25) is 0 Å². The number of H-pyrrole nitrogens is 1. The Kier molecular flexibility index (Phi) is 2.06. The summed E-state index contributed by atoms with van der Waals surface area (Å²) in [6, 6.07) is 1.57. The van der Waals surface area contributed by atoms with E-state index in [1.165, 1.54) is 6.20 Å². The highest BCUT2D eigenvalue weighted by molar-refractivity contribution is 5.89. The fraction of sp³-hybridized carbons (Fsp3) is 0. The summed E-state index contributed by atoms with van der Waals surface area (Å²) >= 11 is 0. The molecule has 0 aromatic carbocycles. The molecule has 0 radical (unpaired) electrons. The number of carboxylic acid groups (broad SMARTS) is 1. The molecule has 4 heteroatoms. The van der Waals surface area contributed by atoms with Gasteiger partial charge in [0.25, 0.3) is 0 Å². The van der Waals surface area contributed by atoms with Gasteiger partial charge in [-0.25, -0.2) is 4.79 Å². The summed E-state index contributed by atoms with van der Waals surface area (Å²) in [6.07, 6.45) is 4.03. The summed E-state index contributed by atoms with van der Waals surface area (Å²) < 4.78 is 12.3. The highest BCUT2D eigenvalue weighted by Crippen LogP contribution is 2.06. The van der Waals surface area contributed by atoms with Gasteiger partial charge in [-0.2, -0.15) is 4.39 Å². The van der Waals surface area contributed by atoms with Gasteiger partial charge >= 0.3 is 5.97 Å². The molecule has 0 fully saturated rings. The Balaban J connectivity index is 2.82. The molecule has 0 amide bonds. The maximum atomic E-state index is 12.3. The Morgan fingerprint density at radius 1 is 1.73 bits per heavy atom. The topological polar surface area (TPSA) is 53.1 Å². The van der Waals surface area contributed by atoms with E-state index in [1.807, 2.05) is 0 Å². The summed E-state index contributed by atoms with van der Waals surface area (Å²) in [5.41, 5.74) is 0.505. The molecule has 0 unspecified atom stereocenters. The van der Waals surface area contributed by atoms with E-state index in [-0.39, 0.29) is 0 Å². The maximum Gasteiger partial charge on any atom is 0.364 e. The molecule has 1 rings (SSSR count). The van der Waals surface area contributed by atoms with Crippen LogP contribution in [0.4, 0.5) is 4.39 Å². The highest BCUT2D eigenvalue weighted by atomic mass is 19.1. The summed E-state index contributed by atoms with van der Waals surface area (Å²) in [5, 5.41) is 8.13. The summed E-state index contributed by atoms with van der Waals surface area (Å²) in [6.45, 7) is 0. The first-order valence-electron chi connectivity index (χ1n) is 2.93. The van der Waals surface area contributed by atoms with E-state index in [4.69, 9.17) is 5.11 Å². The third kappa shape index (κ3) is 1.93. The minimum absolute atomic E-state index is 0.505. The highest BCUT2D eigenvalue weighted by Gasteiger charge is 2.04. The molecule has 1 aromatic rings. The first kappa shape index (κ1) is 7.53. The molecule has 3 nitrogen and oxygen atoms in total. The van der Waals surface area contributed by atoms with E-state index in [9.17, 15) is 9.18 Å². The first-order valence-corrected chi connectivity index (χ1v) is 2.93. The second-order valence-corrected chi connectivity index (χ2v) is 1.94. The number of aromatic nitrogens is 1. The number of nitrogens with one attached hydrogen (secondary N) is 1. The van der Waals surface area contributed by atoms with Crippen molar-refractivity contribution < 1.29 is 14.3 Å². The van der Waals surface area contributed by atoms with E-state index < -0.39 is 11.8 Å². The van der Waals surface area contributed by atoms with Crippen LogP contribution in [0.15, 0.2) is 24.3 Å². The van der Waals surface area contributed by atoms with Crippen LogP contribution in [0, 0.1) is 0 Å². The van der Waals surface area contributed by atoms with Crippen molar-refractivity contribution in [3.8, 4) is 0 Å². The largest absolute Gasteiger partial charge is 0.476 e. The maximum absolute atomic E-state index is 12.3. The molecule has 0 aliphatic heterocycles. The Bertz CT molecular complexity index is 277. The molecule has 0 spiro atoms. The van der Waals surface area contributed by atoms with Gasteiger partial charge in [0.15, 0.2) is 0 Å². The number of hydrogen-bond donors (Lipinski definition) is 2. The predicted octanol–water partition coefficient (Wildman–Crippen LogP) is 1.41. The van der Waals surface area contributed by atoms with Gasteiger partial charge in [-0.1, -0.05) is 0 Å².